The van der Waals surface area contributed by atoms with Gasteiger partial charge >= 0.3 is 0 Å². The fourth-order valence-corrected chi connectivity index (χ4v) is 17.6. The summed E-state index contributed by atoms with van der Waals surface area (Å²) in [5.74, 6) is -0.623. The van der Waals surface area contributed by atoms with E-state index in [0.29, 0.717) is 38.5 Å². The van der Waals surface area contributed by atoms with Crippen LogP contribution < -0.4 is 0 Å². The van der Waals surface area contributed by atoms with Gasteiger partial charge in [0.05, 0.1) is 56.4 Å². The summed E-state index contributed by atoms with van der Waals surface area (Å²) in [6, 6.07) is 0. The Bertz CT molecular complexity index is 2300. The fraction of sp³-hybridized carbons (Fsp3) is 0.967. The third-order valence-electron chi connectivity index (χ3n) is 23.1. The molecule has 87 heavy (non-hydrogen) atoms. The van der Waals surface area contributed by atoms with E-state index in [1.165, 1.54) is 13.8 Å². The number of aliphatic hydroxyl groups is 17. The van der Waals surface area contributed by atoms with Crippen LogP contribution in [0.4, 0.5) is 0 Å². The zero-order chi connectivity index (χ0) is 63.9. The predicted octanol–water partition coefficient (Wildman–Crippen LogP) is -3.35. The highest BCUT2D eigenvalue weighted by Gasteiger charge is 2.72. The van der Waals surface area contributed by atoms with Gasteiger partial charge in [0.15, 0.2) is 31.5 Å². The molecule has 0 amide bonds. The van der Waals surface area contributed by atoms with Crippen molar-refractivity contribution in [2.75, 3.05) is 26.4 Å². The molecule has 0 aromatic carbocycles. The van der Waals surface area contributed by atoms with E-state index in [-0.39, 0.29) is 41.1 Å². The topological polar surface area (TPSA) is 436 Å². The largest absolute Gasteiger partial charge is 0.394 e. The maximum Gasteiger partial charge on any atom is 0.187 e. The van der Waals surface area contributed by atoms with Crippen molar-refractivity contribution in [3.8, 4) is 0 Å². The minimum Gasteiger partial charge on any atom is -0.394 e. The molecule has 17 N–H and O–H groups in total. The molecule has 9 fully saturated rings. The van der Waals surface area contributed by atoms with Gasteiger partial charge in [0.1, 0.15) is 110 Å². The van der Waals surface area contributed by atoms with Gasteiger partial charge in [-0.2, -0.15) is 0 Å². The summed E-state index contributed by atoms with van der Waals surface area (Å²) in [5, 5.41) is 185. The van der Waals surface area contributed by atoms with Crippen LogP contribution in [0.5, 0.6) is 0 Å². The Labute approximate surface area is 507 Å². The number of fused-ring (bicyclic) bond motifs is 5. The molecule has 27 nitrogen and oxygen atoms in total. The molecule has 4 aliphatic carbocycles. The summed E-state index contributed by atoms with van der Waals surface area (Å²) in [6.07, 6.45) is -33.2. The van der Waals surface area contributed by atoms with E-state index < -0.39 is 202 Å². The molecule has 504 valence electrons. The first-order valence-corrected chi connectivity index (χ1v) is 31.3. The summed E-state index contributed by atoms with van der Waals surface area (Å²) < 4.78 is 60.7. The molecule has 5 heterocycles. The first kappa shape index (κ1) is 70.0. The van der Waals surface area contributed by atoms with Crippen LogP contribution in [0, 0.1) is 45.3 Å². The molecule has 9 rings (SSSR count). The van der Waals surface area contributed by atoms with Gasteiger partial charge in [-0.3, -0.25) is 0 Å². The Hall–Kier alpha value is -1.34. The van der Waals surface area contributed by atoms with Crippen LogP contribution in [0.1, 0.15) is 120 Å². The monoisotopic (exact) mass is 1250 g/mol. The average Bonchev–Trinajstić information content (AvgIpc) is 1.71. The van der Waals surface area contributed by atoms with Gasteiger partial charge in [0.25, 0.3) is 0 Å². The molecule has 27 heteroatoms. The van der Waals surface area contributed by atoms with Gasteiger partial charge in [0.2, 0.25) is 0 Å². The van der Waals surface area contributed by atoms with Crippen molar-refractivity contribution < 1.29 is 134 Å². The molecule has 0 radical (unpaired) electrons. The molecule has 4 saturated carbocycles. The third kappa shape index (κ3) is 12.7. The number of allylic oxidation sites excluding steroid dienone is 1. The second-order valence-electron chi connectivity index (χ2n) is 28.5. The van der Waals surface area contributed by atoms with Gasteiger partial charge < -0.3 is 134 Å². The lowest BCUT2D eigenvalue weighted by Gasteiger charge is -2.71. The lowest BCUT2D eigenvalue weighted by atomic mass is 9.35. The molecular formula is C60H102O27. The van der Waals surface area contributed by atoms with Gasteiger partial charge in [-0.25, -0.2) is 0 Å². The summed E-state index contributed by atoms with van der Waals surface area (Å²) >= 11 is 0. The van der Waals surface area contributed by atoms with E-state index in [9.17, 15) is 86.8 Å². The number of rotatable bonds is 18. The third-order valence-corrected chi connectivity index (χ3v) is 23.1. The first-order valence-electron chi connectivity index (χ1n) is 31.3. The van der Waals surface area contributed by atoms with Crippen LogP contribution in [-0.2, 0) is 47.4 Å². The van der Waals surface area contributed by atoms with Gasteiger partial charge in [0, 0.05) is 0 Å². The highest BCUT2D eigenvalue weighted by atomic mass is 16.8. The fourth-order valence-electron chi connectivity index (χ4n) is 17.6. The SMILES string of the molecule is C/C(=C/CC[C@](C)(O[C@H]1O[C@H](CO[C@@H]2O[C@@H](C)[C@H](O)[C@@H](O)[C@H]2O)[C@H](O)[C@H](O)[C@@H]1O)[C@@H]1CC[C@]2(C)[C@H]1[C@@H](O)C[C@H]1[C@]3(C)CC[C@H](O[C@H]4O[C@@H](CO[C@@H]5O[C@@H](C)[C@H](O)[C@@H](O)[C@@H]5O[C@@H]5O[C@@H](CO)[C@H](O)[C@@H](O)[C@H]5O)[C@@H](O)[C@@H](O)[C@H]4O)C(C)(C)[C@@H]3CC[C@@]12C)CO. The van der Waals surface area contributed by atoms with Crippen molar-refractivity contribution in [3.05, 3.63) is 11.6 Å². The maximum atomic E-state index is 12.9. The Balaban J connectivity index is 0.889. The van der Waals surface area contributed by atoms with Gasteiger partial charge in [-0.1, -0.05) is 46.3 Å². The van der Waals surface area contributed by atoms with Gasteiger partial charge in [-0.05, 0) is 131 Å². The summed E-state index contributed by atoms with van der Waals surface area (Å²) in [7, 11) is 0. The van der Waals surface area contributed by atoms with Crippen molar-refractivity contribution in [1.82, 2.24) is 0 Å². The second kappa shape index (κ2) is 26.8. The second-order valence-corrected chi connectivity index (χ2v) is 28.5. The normalized spacial score (nSPS) is 53.6. The first-order chi connectivity index (χ1) is 40.7. The Morgan fingerprint density at radius 1 is 0.517 bits per heavy atom. The van der Waals surface area contributed by atoms with E-state index in [1.54, 1.807) is 6.92 Å². The maximum absolute atomic E-state index is 12.9. The predicted molar refractivity (Wildman–Crippen MR) is 297 cm³/mol. The van der Waals surface area contributed by atoms with Crippen molar-refractivity contribution in [2.45, 2.75) is 291 Å². The average molecular weight is 1260 g/mol. The Kier molecular flexibility index (Phi) is 21.6. The Morgan fingerprint density at radius 3 is 1.61 bits per heavy atom. The van der Waals surface area contributed by atoms with E-state index in [0.717, 1.165) is 24.8 Å². The highest BCUT2D eigenvalue weighted by Crippen LogP contribution is 2.76. The zero-order valence-corrected chi connectivity index (χ0v) is 51.4. The van der Waals surface area contributed by atoms with Crippen molar-refractivity contribution >= 4 is 0 Å². The van der Waals surface area contributed by atoms with Crippen LogP contribution in [-0.4, -0.2) is 285 Å². The molecule has 0 aromatic heterocycles. The standard InChI is InChI=1S/C60H102O27/c1-24(20-61)11-10-15-60(9,87-54-49(77)44(72)40(68)31(84-54)22-78-51-46(74)41(69)36(64)25(2)80-51)27-12-17-59(8)35(27)28(63)19-33-57(6)16-14-34(56(4,5)32(57)13-18-58(33,59)7)85-52-47(75)43(71)39(67)30(83-52)23-79-55-50(45(73)37(65)26(3)81-55)86-53-48(76)42(70)38(66)29(21-62)82-53/h11,25-55,61-77H,10,12-23H2,1-9H3/b24-11-/t25-,26-,27+,28-,29-,30-,31+,32-,33-,34-,35+,36-,37-,38-,39+,40-,41+,42+,43+,44-,45+,46+,47+,48+,49-,50-,51+,52+,53-,54+,55+,57+,58-,59+,60-/m0/s1. The zero-order valence-electron chi connectivity index (χ0n) is 51.4. The number of hydrogen-bond donors (Lipinski definition) is 17. The Morgan fingerprint density at radius 2 is 1.01 bits per heavy atom. The number of aliphatic hydroxyl groups excluding tert-OH is 17. The molecule has 0 aromatic rings. The van der Waals surface area contributed by atoms with E-state index >= 15 is 0 Å². The van der Waals surface area contributed by atoms with Crippen LogP contribution in [0.15, 0.2) is 11.6 Å². The van der Waals surface area contributed by atoms with Gasteiger partial charge in [-0.15, -0.1) is 0 Å². The molecule has 9 aliphatic rings. The molecule has 35 atom stereocenters. The number of hydrogen-bond acceptors (Lipinski definition) is 27. The smallest absolute Gasteiger partial charge is 0.187 e. The quantitative estimate of drug-likeness (QED) is 0.0471. The molecule has 5 saturated heterocycles. The molecule has 0 unspecified atom stereocenters. The molecule has 0 bridgehead atoms. The highest BCUT2D eigenvalue weighted by molar-refractivity contribution is 5.21. The van der Waals surface area contributed by atoms with Crippen LogP contribution in [0.2, 0.25) is 0 Å². The van der Waals surface area contributed by atoms with E-state index in [1.807, 2.05) is 13.0 Å². The van der Waals surface area contributed by atoms with Crippen molar-refractivity contribution in [1.29, 1.82) is 0 Å². The van der Waals surface area contributed by atoms with E-state index in [2.05, 4.69) is 34.6 Å². The lowest BCUT2D eigenvalue weighted by Crippen LogP contribution is -2.67. The van der Waals surface area contributed by atoms with Crippen molar-refractivity contribution in [2.24, 2.45) is 45.3 Å². The van der Waals surface area contributed by atoms with Crippen LogP contribution in [0.3, 0.4) is 0 Å². The summed E-state index contributed by atoms with van der Waals surface area (Å²) in [4.78, 5) is 0. The molecular weight excluding hydrogens is 1150 g/mol. The minimum absolute atomic E-state index is 0.00842. The van der Waals surface area contributed by atoms with Crippen LogP contribution in [0.25, 0.3) is 0 Å². The summed E-state index contributed by atoms with van der Waals surface area (Å²) in [5.41, 5.74) is -2.13. The van der Waals surface area contributed by atoms with Crippen molar-refractivity contribution in [3.63, 3.8) is 0 Å². The van der Waals surface area contributed by atoms with Crippen LogP contribution >= 0.6 is 0 Å². The summed E-state index contributed by atoms with van der Waals surface area (Å²) in [6.45, 7) is 15.9. The molecule has 0 spiro atoms. The van der Waals surface area contributed by atoms with E-state index in [4.69, 9.17) is 47.4 Å². The minimum atomic E-state index is -1.87. The lowest BCUT2D eigenvalue weighted by molar-refractivity contribution is -0.372. The number of ether oxygens (including phenoxy) is 10. The molecule has 5 aliphatic heterocycles.